The van der Waals surface area contributed by atoms with Gasteiger partial charge in [0.05, 0.1) is 16.2 Å². The molecule has 0 unspecified atom stereocenters. The number of anilines is 1. The minimum atomic E-state index is -1.13. The lowest BCUT2D eigenvalue weighted by molar-refractivity contribution is 0.215. The molecule has 1 heterocycles. The molecule has 0 aliphatic carbocycles. The zero-order chi connectivity index (χ0) is 16.4. The van der Waals surface area contributed by atoms with E-state index in [-0.39, 0.29) is 16.5 Å². The number of hydrogen-bond donors (Lipinski definition) is 1. The second kappa shape index (κ2) is 6.18. The third kappa shape index (κ3) is 3.37. The molecule has 4 nitrogen and oxygen atoms in total. The molecule has 0 atom stereocenters. The molecule has 0 radical (unpaired) electrons. The van der Waals surface area contributed by atoms with E-state index in [1.54, 1.807) is 30.5 Å². The molecular weight excluding hydrogens is 326 g/mol. The van der Waals surface area contributed by atoms with Gasteiger partial charge < -0.3 is 4.74 Å². The van der Waals surface area contributed by atoms with Crippen molar-refractivity contribution in [2.45, 2.75) is 0 Å². The first-order valence-electron chi connectivity index (χ1n) is 6.51. The van der Waals surface area contributed by atoms with Gasteiger partial charge in [0, 0.05) is 23.7 Å². The van der Waals surface area contributed by atoms with Gasteiger partial charge in [-0.2, -0.15) is 0 Å². The summed E-state index contributed by atoms with van der Waals surface area (Å²) in [5, 5.41) is 3.01. The van der Waals surface area contributed by atoms with Gasteiger partial charge in [-0.1, -0.05) is 17.7 Å². The Morgan fingerprint density at radius 1 is 1.13 bits per heavy atom. The van der Waals surface area contributed by atoms with Gasteiger partial charge in [-0.25, -0.2) is 13.6 Å². The summed E-state index contributed by atoms with van der Waals surface area (Å²) < 4.78 is 31.2. The number of nitrogens with one attached hydrogen (secondary N) is 1. The average molecular weight is 335 g/mol. The van der Waals surface area contributed by atoms with Crippen LogP contribution in [0.3, 0.4) is 0 Å². The number of nitrogens with zero attached hydrogens (tertiary/aromatic N) is 1. The lowest BCUT2D eigenvalue weighted by Crippen LogP contribution is -2.17. The van der Waals surface area contributed by atoms with Gasteiger partial charge in [0.1, 0.15) is 5.75 Å². The predicted molar refractivity (Wildman–Crippen MR) is 82.8 cm³/mol. The topological polar surface area (TPSA) is 51.2 Å². The third-order valence-electron chi connectivity index (χ3n) is 3.03. The normalized spacial score (nSPS) is 10.6. The zero-order valence-corrected chi connectivity index (χ0v) is 12.3. The molecule has 0 aliphatic rings. The lowest BCUT2D eigenvalue weighted by Gasteiger charge is -2.09. The Hall–Kier alpha value is -2.73. The summed E-state index contributed by atoms with van der Waals surface area (Å²) >= 11 is 5.74. The summed E-state index contributed by atoms with van der Waals surface area (Å²) in [4.78, 5) is 16.0. The first-order chi connectivity index (χ1) is 11.0. The van der Waals surface area contributed by atoms with Crippen LogP contribution in [-0.2, 0) is 0 Å². The monoisotopic (exact) mass is 334 g/mol. The maximum atomic E-state index is 13.2. The molecule has 7 heteroatoms. The highest BCUT2D eigenvalue weighted by molar-refractivity contribution is 6.33. The summed E-state index contributed by atoms with van der Waals surface area (Å²) in [5.41, 5.74) is 0.568. The maximum Gasteiger partial charge on any atom is 0.417 e. The Bertz CT molecular complexity index is 902. The Labute approximate surface area is 134 Å². The highest BCUT2D eigenvalue weighted by Gasteiger charge is 2.12. The molecule has 1 N–H and O–H groups in total. The summed E-state index contributed by atoms with van der Waals surface area (Å²) in [6.07, 6.45) is 0.737. The standard InChI is InChI=1S/C16H9ClF2N2O2/c17-11-7-12(18)13(19)8-15(11)21-16(22)23-10-4-3-9-2-1-5-20-14(9)6-10/h1-8H,(H,21,22). The number of hydrogen-bond acceptors (Lipinski definition) is 3. The molecule has 116 valence electrons. The fourth-order valence-electron chi connectivity index (χ4n) is 1.97. The number of halogens is 3. The molecule has 0 bridgehead atoms. The van der Waals surface area contributed by atoms with Crippen molar-refractivity contribution in [3.8, 4) is 5.75 Å². The molecule has 1 amide bonds. The minimum absolute atomic E-state index is 0.0884. The predicted octanol–water partition coefficient (Wildman–Crippen LogP) is 4.78. The van der Waals surface area contributed by atoms with E-state index < -0.39 is 17.7 Å². The molecule has 0 fully saturated rings. The largest absolute Gasteiger partial charge is 0.417 e. The van der Waals surface area contributed by atoms with Crippen molar-refractivity contribution in [3.05, 3.63) is 65.3 Å². The third-order valence-corrected chi connectivity index (χ3v) is 3.35. The van der Waals surface area contributed by atoms with Crippen LogP contribution in [0.25, 0.3) is 10.9 Å². The van der Waals surface area contributed by atoms with Crippen molar-refractivity contribution in [2.75, 3.05) is 5.32 Å². The van der Waals surface area contributed by atoms with Crippen LogP contribution in [0.1, 0.15) is 0 Å². The number of ether oxygens (including phenoxy) is 1. The zero-order valence-electron chi connectivity index (χ0n) is 11.5. The van der Waals surface area contributed by atoms with Crippen molar-refractivity contribution in [1.29, 1.82) is 0 Å². The number of rotatable bonds is 2. The van der Waals surface area contributed by atoms with Gasteiger partial charge in [-0.3, -0.25) is 10.3 Å². The SMILES string of the molecule is O=C(Nc1cc(F)c(F)cc1Cl)Oc1ccc2cccnc2c1. The van der Waals surface area contributed by atoms with Crippen LogP contribution in [0.5, 0.6) is 5.75 Å². The van der Waals surface area contributed by atoms with E-state index in [2.05, 4.69) is 10.3 Å². The summed E-state index contributed by atoms with van der Waals surface area (Å²) in [5.74, 6) is -1.97. The summed E-state index contributed by atoms with van der Waals surface area (Å²) in [6.45, 7) is 0. The molecule has 0 saturated carbocycles. The van der Waals surface area contributed by atoms with E-state index in [0.29, 0.717) is 5.52 Å². The Morgan fingerprint density at radius 3 is 2.74 bits per heavy atom. The van der Waals surface area contributed by atoms with Crippen molar-refractivity contribution in [3.63, 3.8) is 0 Å². The average Bonchev–Trinajstić information content (AvgIpc) is 2.52. The Kier molecular flexibility index (Phi) is 4.08. The highest BCUT2D eigenvalue weighted by Crippen LogP contribution is 2.25. The molecule has 0 spiro atoms. The number of fused-ring (bicyclic) bond motifs is 1. The van der Waals surface area contributed by atoms with Crippen LogP contribution < -0.4 is 10.1 Å². The number of amides is 1. The number of pyridine rings is 1. The van der Waals surface area contributed by atoms with E-state index in [0.717, 1.165) is 17.5 Å². The lowest BCUT2D eigenvalue weighted by atomic mass is 10.2. The molecule has 3 aromatic rings. The second-order valence-corrected chi connectivity index (χ2v) is 5.03. The van der Waals surface area contributed by atoms with Crippen LogP contribution in [0.2, 0.25) is 5.02 Å². The smallest absolute Gasteiger partial charge is 0.410 e. The molecule has 2 aromatic carbocycles. The van der Waals surface area contributed by atoms with Gasteiger partial charge in [-0.05, 0) is 24.3 Å². The second-order valence-electron chi connectivity index (χ2n) is 4.62. The molecule has 3 rings (SSSR count). The Balaban J connectivity index is 1.77. The summed E-state index contributed by atoms with van der Waals surface area (Å²) in [7, 11) is 0. The van der Waals surface area contributed by atoms with Gasteiger partial charge in [-0.15, -0.1) is 0 Å². The number of carbonyl (C=O) groups excluding carboxylic acids is 1. The van der Waals surface area contributed by atoms with Crippen LogP contribution >= 0.6 is 11.6 Å². The minimum Gasteiger partial charge on any atom is -0.410 e. The van der Waals surface area contributed by atoms with Crippen LogP contribution in [0, 0.1) is 11.6 Å². The van der Waals surface area contributed by atoms with Crippen LogP contribution in [0.15, 0.2) is 48.7 Å². The van der Waals surface area contributed by atoms with Crippen molar-refractivity contribution < 1.29 is 18.3 Å². The fourth-order valence-corrected chi connectivity index (χ4v) is 2.17. The van der Waals surface area contributed by atoms with E-state index in [4.69, 9.17) is 16.3 Å². The number of aromatic nitrogens is 1. The number of carbonyl (C=O) groups is 1. The maximum absolute atomic E-state index is 13.2. The van der Waals surface area contributed by atoms with Gasteiger partial charge in [0.25, 0.3) is 0 Å². The van der Waals surface area contributed by atoms with Gasteiger partial charge in [0.2, 0.25) is 0 Å². The van der Waals surface area contributed by atoms with Crippen molar-refractivity contribution in [2.24, 2.45) is 0 Å². The van der Waals surface area contributed by atoms with E-state index in [1.165, 1.54) is 0 Å². The number of benzene rings is 2. The van der Waals surface area contributed by atoms with E-state index in [9.17, 15) is 13.6 Å². The van der Waals surface area contributed by atoms with E-state index in [1.807, 2.05) is 6.07 Å². The van der Waals surface area contributed by atoms with E-state index >= 15 is 0 Å². The van der Waals surface area contributed by atoms with Crippen LogP contribution in [-0.4, -0.2) is 11.1 Å². The Morgan fingerprint density at radius 2 is 1.91 bits per heavy atom. The fraction of sp³-hybridized carbons (Fsp3) is 0. The highest BCUT2D eigenvalue weighted by atomic mass is 35.5. The summed E-state index contributed by atoms with van der Waals surface area (Å²) in [6, 6.07) is 10.1. The molecule has 0 saturated heterocycles. The van der Waals surface area contributed by atoms with Gasteiger partial charge in [0.15, 0.2) is 11.6 Å². The quantitative estimate of drug-likeness (QED) is 0.686. The molecular formula is C16H9ClF2N2O2. The molecule has 0 aliphatic heterocycles. The first-order valence-corrected chi connectivity index (χ1v) is 6.89. The molecule has 23 heavy (non-hydrogen) atoms. The van der Waals surface area contributed by atoms with Crippen LogP contribution in [0.4, 0.5) is 19.3 Å². The van der Waals surface area contributed by atoms with Crippen molar-refractivity contribution >= 4 is 34.3 Å². The van der Waals surface area contributed by atoms with Crippen molar-refractivity contribution in [1.82, 2.24) is 4.98 Å². The van der Waals surface area contributed by atoms with Gasteiger partial charge >= 0.3 is 6.09 Å². The molecule has 1 aromatic heterocycles. The first kappa shape index (κ1) is 15.2.